The van der Waals surface area contributed by atoms with Crippen LogP contribution in [-0.2, 0) is 4.79 Å². The highest BCUT2D eigenvalue weighted by Gasteiger charge is 2.35. The smallest absolute Gasteiger partial charge is 0.136 e. The summed E-state index contributed by atoms with van der Waals surface area (Å²) in [6.07, 6.45) is 5.94. The van der Waals surface area contributed by atoms with Crippen LogP contribution in [0.4, 0.5) is 0 Å². The van der Waals surface area contributed by atoms with Crippen molar-refractivity contribution in [2.24, 2.45) is 17.8 Å². The molecule has 0 saturated heterocycles. The first-order chi connectivity index (χ1) is 5.27. The third kappa shape index (κ3) is 1.21. The van der Waals surface area contributed by atoms with Gasteiger partial charge in [-0.2, -0.15) is 0 Å². The van der Waals surface area contributed by atoms with Gasteiger partial charge in [-0.15, -0.1) is 0 Å². The van der Waals surface area contributed by atoms with Gasteiger partial charge in [-0.3, -0.25) is 4.79 Å². The second-order valence-corrected chi connectivity index (χ2v) is 4.27. The van der Waals surface area contributed by atoms with Crippen LogP contribution in [0.25, 0.3) is 0 Å². The van der Waals surface area contributed by atoms with Crippen LogP contribution in [0.15, 0.2) is 0 Å². The second-order valence-electron chi connectivity index (χ2n) is 4.27. The second kappa shape index (κ2) is 2.62. The number of fused-ring (bicyclic) bond motifs is 2. The van der Waals surface area contributed by atoms with Crippen LogP contribution in [-0.4, -0.2) is 5.78 Å². The Morgan fingerprint density at radius 1 is 1.36 bits per heavy atom. The first-order valence-electron chi connectivity index (χ1n) is 4.80. The number of hydrogen-bond acceptors (Lipinski definition) is 1. The Morgan fingerprint density at radius 3 is 3.00 bits per heavy atom. The van der Waals surface area contributed by atoms with Crippen LogP contribution in [0.5, 0.6) is 0 Å². The average molecular weight is 152 g/mol. The number of carbonyl (C=O) groups is 1. The number of carbonyl (C=O) groups excluding carboxylic acids is 1. The summed E-state index contributed by atoms with van der Waals surface area (Å²) in [5.41, 5.74) is 0. The minimum Gasteiger partial charge on any atom is -0.299 e. The fraction of sp³-hybridized carbons (Fsp3) is 0.900. The van der Waals surface area contributed by atoms with E-state index in [1.54, 1.807) is 0 Å². The zero-order chi connectivity index (χ0) is 7.84. The lowest BCUT2D eigenvalue weighted by Crippen LogP contribution is -2.33. The molecule has 0 heterocycles. The Labute approximate surface area is 68.2 Å². The molecule has 11 heavy (non-hydrogen) atoms. The van der Waals surface area contributed by atoms with Crippen molar-refractivity contribution < 1.29 is 4.79 Å². The van der Waals surface area contributed by atoms with Crippen LogP contribution in [0, 0.1) is 17.8 Å². The topological polar surface area (TPSA) is 17.1 Å². The quantitative estimate of drug-likeness (QED) is 0.521. The monoisotopic (exact) mass is 152 g/mol. The van der Waals surface area contributed by atoms with Gasteiger partial charge in [-0.1, -0.05) is 19.8 Å². The van der Waals surface area contributed by atoms with Gasteiger partial charge in [0, 0.05) is 12.3 Å². The Balaban J connectivity index is 2.11. The Bertz CT molecular complexity index is 174. The molecule has 0 aliphatic heterocycles. The number of ketones is 1. The van der Waals surface area contributed by atoms with E-state index in [2.05, 4.69) is 6.92 Å². The van der Waals surface area contributed by atoms with E-state index in [1.807, 2.05) is 0 Å². The van der Waals surface area contributed by atoms with Crippen molar-refractivity contribution >= 4 is 5.78 Å². The van der Waals surface area contributed by atoms with Crippen LogP contribution < -0.4 is 0 Å². The maximum Gasteiger partial charge on any atom is 0.136 e. The Morgan fingerprint density at radius 2 is 2.18 bits per heavy atom. The Hall–Kier alpha value is -0.330. The van der Waals surface area contributed by atoms with Gasteiger partial charge in [-0.05, 0) is 24.7 Å². The normalized spacial score (nSPS) is 44.1. The molecule has 0 aromatic heterocycles. The lowest BCUT2D eigenvalue weighted by atomic mass is 9.67. The number of hydrogen-bond donors (Lipinski definition) is 0. The van der Waals surface area contributed by atoms with Crippen LogP contribution >= 0.6 is 0 Å². The summed E-state index contributed by atoms with van der Waals surface area (Å²) in [6.45, 7) is 2.24. The lowest BCUT2D eigenvalue weighted by Gasteiger charge is -2.37. The van der Waals surface area contributed by atoms with Crippen molar-refractivity contribution in [2.45, 2.75) is 39.0 Å². The van der Waals surface area contributed by atoms with Crippen molar-refractivity contribution in [1.29, 1.82) is 0 Å². The standard InChI is InChI=1S/C10H16O/c1-7-5-10(11)9-4-2-3-8(7)6-9/h7-9H,2-6H2,1H3/t7-,8-,9+/m1/s1. The molecular formula is C10H16O. The molecule has 1 heteroatoms. The van der Waals surface area contributed by atoms with Gasteiger partial charge in [0.1, 0.15) is 5.78 Å². The maximum absolute atomic E-state index is 11.4. The van der Waals surface area contributed by atoms with Crippen molar-refractivity contribution in [2.75, 3.05) is 0 Å². The van der Waals surface area contributed by atoms with Gasteiger partial charge in [0.15, 0.2) is 0 Å². The molecule has 0 spiro atoms. The van der Waals surface area contributed by atoms with E-state index in [0.717, 1.165) is 12.3 Å². The predicted molar refractivity (Wildman–Crippen MR) is 44.2 cm³/mol. The number of Topliss-reactive ketones (excluding diaryl/α,β-unsaturated/α-hetero) is 1. The van der Waals surface area contributed by atoms with Crippen LogP contribution in [0.2, 0.25) is 0 Å². The van der Waals surface area contributed by atoms with E-state index in [9.17, 15) is 4.79 Å². The van der Waals surface area contributed by atoms with Gasteiger partial charge in [0.05, 0.1) is 0 Å². The molecule has 2 saturated carbocycles. The highest BCUT2D eigenvalue weighted by molar-refractivity contribution is 5.82. The number of rotatable bonds is 0. The molecule has 0 N–H and O–H groups in total. The van der Waals surface area contributed by atoms with E-state index in [-0.39, 0.29) is 0 Å². The molecule has 2 aliphatic rings. The largest absolute Gasteiger partial charge is 0.299 e. The van der Waals surface area contributed by atoms with Crippen molar-refractivity contribution in [3.05, 3.63) is 0 Å². The van der Waals surface area contributed by atoms with E-state index < -0.39 is 0 Å². The van der Waals surface area contributed by atoms with Gasteiger partial charge in [0.25, 0.3) is 0 Å². The average Bonchev–Trinajstić information content (AvgIpc) is 2.02. The van der Waals surface area contributed by atoms with E-state index in [1.165, 1.54) is 25.7 Å². The fourth-order valence-corrected chi connectivity index (χ4v) is 2.69. The highest BCUT2D eigenvalue weighted by Crippen LogP contribution is 2.40. The SMILES string of the molecule is C[C@@H]1CC(=O)[C@H]2CCC[C@@H]1C2. The minimum atomic E-state index is 0.463. The van der Waals surface area contributed by atoms with Crippen molar-refractivity contribution in [3.8, 4) is 0 Å². The fourth-order valence-electron chi connectivity index (χ4n) is 2.69. The van der Waals surface area contributed by atoms with E-state index >= 15 is 0 Å². The third-order valence-corrected chi connectivity index (χ3v) is 3.50. The summed E-state index contributed by atoms with van der Waals surface area (Å²) in [5.74, 6) is 2.57. The van der Waals surface area contributed by atoms with Crippen molar-refractivity contribution in [3.63, 3.8) is 0 Å². The van der Waals surface area contributed by atoms with Gasteiger partial charge in [-0.25, -0.2) is 0 Å². The molecule has 0 aromatic carbocycles. The molecule has 2 rings (SSSR count). The molecular weight excluding hydrogens is 136 g/mol. The maximum atomic E-state index is 11.4. The minimum absolute atomic E-state index is 0.463. The zero-order valence-corrected chi connectivity index (χ0v) is 7.18. The molecule has 62 valence electrons. The summed E-state index contributed by atoms with van der Waals surface area (Å²) in [5, 5.41) is 0. The molecule has 0 aromatic rings. The van der Waals surface area contributed by atoms with Gasteiger partial charge >= 0.3 is 0 Å². The molecule has 3 atom stereocenters. The van der Waals surface area contributed by atoms with Crippen LogP contribution in [0.3, 0.4) is 0 Å². The summed E-state index contributed by atoms with van der Waals surface area (Å²) in [4.78, 5) is 11.4. The highest BCUT2D eigenvalue weighted by atomic mass is 16.1. The predicted octanol–water partition coefficient (Wildman–Crippen LogP) is 2.40. The summed E-state index contributed by atoms with van der Waals surface area (Å²) in [7, 11) is 0. The summed E-state index contributed by atoms with van der Waals surface area (Å²) < 4.78 is 0. The molecule has 2 bridgehead atoms. The van der Waals surface area contributed by atoms with E-state index in [0.29, 0.717) is 17.6 Å². The molecule has 1 nitrogen and oxygen atoms in total. The first kappa shape index (κ1) is 7.33. The molecule has 2 fully saturated rings. The van der Waals surface area contributed by atoms with Gasteiger partial charge < -0.3 is 0 Å². The van der Waals surface area contributed by atoms with Crippen molar-refractivity contribution in [1.82, 2.24) is 0 Å². The lowest BCUT2D eigenvalue weighted by molar-refractivity contribution is -0.129. The van der Waals surface area contributed by atoms with Gasteiger partial charge in [0.2, 0.25) is 0 Å². The first-order valence-corrected chi connectivity index (χ1v) is 4.80. The van der Waals surface area contributed by atoms with Crippen LogP contribution in [0.1, 0.15) is 39.0 Å². The molecule has 0 unspecified atom stereocenters. The molecule has 2 aliphatic carbocycles. The molecule has 0 amide bonds. The summed E-state index contributed by atoms with van der Waals surface area (Å²) in [6, 6.07) is 0. The zero-order valence-electron chi connectivity index (χ0n) is 7.18. The van der Waals surface area contributed by atoms with E-state index in [4.69, 9.17) is 0 Å². The molecule has 0 radical (unpaired) electrons. The third-order valence-electron chi connectivity index (χ3n) is 3.50. The Kier molecular flexibility index (Phi) is 1.74. The summed E-state index contributed by atoms with van der Waals surface area (Å²) >= 11 is 0.